The minimum Gasteiger partial charge on any atom is -0.353 e. The highest BCUT2D eigenvalue weighted by Crippen LogP contribution is 2.06. The summed E-state index contributed by atoms with van der Waals surface area (Å²) >= 11 is 0. The summed E-state index contributed by atoms with van der Waals surface area (Å²) in [5, 5.41) is 6.35. The van der Waals surface area contributed by atoms with Gasteiger partial charge >= 0.3 is 0 Å². The predicted octanol–water partition coefficient (Wildman–Crippen LogP) is 1.12. The van der Waals surface area contributed by atoms with Crippen LogP contribution in [-0.4, -0.2) is 34.1 Å². The van der Waals surface area contributed by atoms with Crippen LogP contribution in [0.15, 0.2) is 54.7 Å². The van der Waals surface area contributed by atoms with E-state index in [1.807, 2.05) is 22.9 Å². The highest BCUT2D eigenvalue weighted by molar-refractivity contribution is 5.79. The van der Waals surface area contributed by atoms with Crippen molar-refractivity contribution in [1.29, 1.82) is 0 Å². The third-order valence-corrected chi connectivity index (χ3v) is 2.68. The first-order chi connectivity index (χ1) is 9.83. The molecule has 104 valence electrons. The molecular weight excluding hydrogens is 252 g/mol. The number of nitrogens with one attached hydrogen (secondary N) is 2. The molecule has 0 saturated carbocycles. The second-order valence-corrected chi connectivity index (χ2v) is 4.09. The molecule has 0 aliphatic carbocycles. The maximum atomic E-state index is 4.31. The number of rotatable bonds is 5. The monoisotopic (exact) mass is 270 g/mol. The van der Waals surface area contributed by atoms with Crippen LogP contribution in [-0.2, 0) is 6.54 Å². The Hall–Kier alpha value is -2.63. The molecule has 0 spiro atoms. The van der Waals surface area contributed by atoms with Gasteiger partial charge in [0.2, 0.25) is 0 Å². The van der Waals surface area contributed by atoms with Crippen LogP contribution in [0.4, 0.5) is 0 Å². The van der Waals surface area contributed by atoms with Crippen LogP contribution in [0.1, 0.15) is 5.56 Å². The molecule has 20 heavy (non-hydrogen) atoms. The van der Waals surface area contributed by atoms with Gasteiger partial charge in [-0.2, -0.15) is 0 Å². The van der Waals surface area contributed by atoms with Gasteiger partial charge in [0.1, 0.15) is 12.1 Å². The van der Waals surface area contributed by atoms with Crippen molar-refractivity contribution in [3.05, 3.63) is 55.3 Å². The zero-order chi connectivity index (χ0) is 14.2. The summed E-state index contributed by atoms with van der Waals surface area (Å²) < 4.78 is 1.87. The van der Waals surface area contributed by atoms with Crippen molar-refractivity contribution in [2.24, 2.45) is 4.99 Å². The maximum Gasteiger partial charge on any atom is 0.191 e. The Morgan fingerprint density at radius 3 is 3.05 bits per heavy atom. The molecule has 0 amide bonds. The first-order valence-electron chi connectivity index (χ1n) is 6.32. The number of aliphatic imine (C=N–C) groups is 1. The van der Waals surface area contributed by atoms with Gasteiger partial charge in [-0.1, -0.05) is 6.08 Å². The first kappa shape index (κ1) is 13.8. The van der Waals surface area contributed by atoms with Crippen LogP contribution in [0, 0.1) is 0 Å². The van der Waals surface area contributed by atoms with E-state index in [2.05, 4.69) is 32.2 Å². The molecule has 2 heterocycles. The average Bonchev–Trinajstić information content (AvgIpc) is 3.02. The topological polar surface area (TPSA) is 67.1 Å². The number of imidazole rings is 1. The van der Waals surface area contributed by atoms with Crippen LogP contribution < -0.4 is 10.6 Å². The van der Waals surface area contributed by atoms with Gasteiger partial charge in [-0.25, -0.2) is 9.97 Å². The van der Waals surface area contributed by atoms with Crippen molar-refractivity contribution in [1.82, 2.24) is 25.2 Å². The van der Waals surface area contributed by atoms with E-state index in [-0.39, 0.29) is 0 Å². The summed E-state index contributed by atoms with van der Waals surface area (Å²) in [6, 6.07) is 3.98. The standard InChI is InChI=1S/C14H18N6/c1-3-5-18-14(15-2)19-10-12-4-6-17-13(9-12)20-8-7-16-11-20/h3-4,6-9,11H,1,5,10H2,2H3,(H2,15,18,19). The van der Waals surface area contributed by atoms with Crippen LogP contribution in [0.25, 0.3) is 5.82 Å². The van der Waals surface area contributed by atoms with E-state index < -0.39 is 0 Å². The lowest BCUT2D eigenvalue weighted by molar-refractivity contribution is 0.841. The fraction of sp³-hybridized carbons (Fsp3) is 0.214. The molecular formula is C14H18N6. The van der Waals surface area contributed by atoms with Gasteiger partial charge in [0.05, 0.1) is 0 Å². The smallest absolute Gasteiger partial charge is 0.191 e. The highest BCUT2D eigenvalue weighted by Gasteiger charge is 2.01. The molecule has 2 aromatic rings. The van der Waals surface area contributed by atoms with Gasteiger partial charge in [0, 0.05) is 38.7 Å². The Bertz CT molecular complexity index is 573. The SMILES string of the molecule is C=CCNC(=NC)NCc1ccnc(-n2ccnc2)c1. The minimum absolute atomic E-state index is 0.668. The average molecular weight is 270 g/mol. The van der Waals surface area contributed by atoms with E-state index in [4.69, 9.17) is 0 Å². The van der Waals surface area contributed by atoms with E-state index in [0.29, 0.717) is 13.1 Å². The summed E-state index contributed by atoms with van der Waals surface area (Å²) in [5.74, 6) is 1.58. The van der Waals surface area contributed by atoms with Crippen molar-refractivity contribution in [2.45, 2.75) is 6.54 Å². The number of guanidine groups is 1. The zero-order valence-corrected chi connectivity index (χ0v) is 11.5. The molecule has 0 saturated heterocycles. The van der Waals surface area contributed by atoms with Gasteiger partial charge < -0.3 is 10.6 Å². The summed E-state index contributed by atoms with van der Waals surface area (Å²) in [5.41, 5.74) is 1.12. The lowest BCUT2D eigenvalue weighted by atomic mass is 10.2. The number of aromatic nitrogens is 3. The van der Waals surface area contributed by atoms with E-state index in [1.54, 1.807) is 31.8 Å². The summed E-state index contributed by atoms with van der Waals surface area (Å²) in [7, 11) is 1.74. The number of nitrogens with zero attached hydrogens (tertiary/aromatic N) is 4. The van der Waals surface area contributed by atoms with Gasteiger partial charge in [-0.3, -0.25) is 9.56 Å². The lowest BCUT2D eigenvalue weighted by Crippen LogP contribution is -2.36. The summed E-state index contributed by atoms with van der Waals surface area (Å²) in [4.78, 5) is 12.5. The second kappa shape index (κ2) is 7.08. The molecule has 0 unspecified atom stereocenters. The quantitative estimate of drug-likeness (QED) is 0.485. The van der Waals surface area contributed by atoms with Crippen molar-refractivity contribution in [2.75, 3.05) is 13.6 Å². The molecule has 0 atom stereocenters. The minimum atomic E-state index is 0.668. The summed E-state index contributed by atoms with van der Waals surface area (Å²) in [6.07, 6.45) is 8.89. The van der Waals surface area contributed by atoms with Gasteiger partial charge in [-0.05, 0) is 17.7 Å². The molecule has 0 aliphatic rings. The number of hydrogen-bond acceptors (Lipinski definition) is 3. The van der Waals surface area contributed by atoms with E-state index >= 15 is 0 Å². The Labute approximate surface area is 118 Å². The number of pyridine rings is 1. The zero-order valence-electron chi connectivity index (χ0n) is 11.5. The molecule has 0 bridgehead atoms. The van der Waals surface area contributed by atoms with Crippen molar-refractivity contribution >= 4 is 5.96 Å². The Morgan fingerprint density at radius 1 is 1.45 bits per heavy atom. The largest absolute Gasteiger partial charge is 0.353 e. The van der Waals surface area contributed by atoms with E-state index in [1.165, 1.54) is 0 Å². The Morgan fingerprint density at radius 2 is 2.35 bits per heavy atom. The van der Waals surface area contributed by atoms with Gasteiger partial charge in [0.25, 0.3) is 0 Å². The Balaban J connectivity index is 2.00. The van der Waals surface area contributed by atoms with Crippen LogP contribution >= 0.6 is 0 Å². The molecule has 6 nitrogen and oxygen atoms in total. The van der Waals surface area contributed by atoms with Crippen molar-refractivity contribution in [3.8, 4) is 5.82 Å². The van der Waals surface area contributed by atoms with Crippen LogP contribution in [0.5, 0.6) is 0 Å². The molecule has 2 N–H and O–H groups in total. The molecule has 0 aliphatic heterocycles. The third kappa shape index (κ3) is 3.68. The fourth-order valence-electron chi connectivity index (χ4n) is 1.68. The fourth-order valence-corrected chi connectivity index (χ4v) is 1.68. The lowest BCUT2D eigenvalue weighted by Gasteiger charge is -2.11. The van der Waals surface area contributed by atoms with Crippen molar-refractivity contribution < 1.29 is 0 Å². The van der Waals surface area contributed by atoms with Crippen LogP contribution in [0.3, 0.4) is 0 Å². The third-order valence-electron chi connectivity index (χ3n) is 2.68. The van der Waals surface area contributed by atoms with E-state index in [9.17, 15) is 0 Å². The van der Waals surface area contributed by atoms with Gasteiger partial charge in [0.15, 0.2) is 5.96 Å². The molecule has 2 rings (SSSR count). The second-order valence-electron chi connectivity index (χ2n) is 4.09. The molecule has 6 heteroatoms. The molecule has 0 aromatic carbocycles. The highest BCUT2D eigenvalue weighted by atomic mass is 15.2. The van der Waals surface area contributed by atoms with Gasteiger partial charge in [-0.15, -0.1) is 6.58 Å². The molecule has 0 radical (unpaired) electrons. The van der Waals surface area contributed by atoms with Crippen LogP contribution in [0.2, 0.25) is 0 Å². The normalized spacial score (nSPS) is 11.2. The Kier molecular flexibility index (Phi) is 4.88. The first-order valence-corrected chi connectivity index (χ1v) is 6.32. The van der Waals surface area contributed by atoms with Crippen molar-refractivity contribution in [3.63, 3.8) is 0 Å². The molecule has 2 aromatic heterocycles. The summed E-state index contributed by atoms with van der Waals surface area (Å²) in [6.45, 7) is 5.01. The predicted molar refractivity (Wildman–Crippen MR) is 79.8 cm³/mol. The molecule has 0 fully saturated rings. The number of hydrogen-bond donors (Lipinski definition) is 2. The maximum absolute atomic E-state index is 4.31. The van der Waals surface area contributed by atoms with E-state index in [0.717, 1.165) is 17.3 Å².